The number of ether oxygens (including phenoxy) is 3. The van der Waals surface area contributed by atoms with E-state index in [1.165, 1.54) is 13.2 Å². The summed E-state index contributed by atoms with van der Waals surface area (Å²) in [6, 6.07) is 17.2. The molecule has 0 amide bonds. The topological polar surface area (TPSA) is 78.9 Å². The number of Topliss-reactive ketones (excluding diaryl/α,β-unsaturated/α-hetero) is 2. The average molecular weight is 442 g/mol. The molecule has 166 valence electrons. The molecular formula is C27H22O6. The summed E-state index contributed by atoms with van der Waals surface area (Å²) in [6.45, 7) is 3.62. The summed E-state index contributed by atoms with van der Waals surface area (Å²) < 4.78 is 16.3. The summed E-state index contributed by atoms with van der Waals surface area (Å²) in [6.07, 6.45) is 1.52. The minimum absolute atomic E-state index is 0.0878. The van der Waals surface area contributed by atoms with Crippen LogP contribution in [0.5, 0.6) is 17.2 Å². The average Bonchev–Trinajstić information content (AvgIpc) is 3.04. The maximum Gasteiger partial charge on any atom is 0.349 e. The number of carbonyl (C=O) groups excluding carboxylic acids is 3. The molecule has 6 nitrogen and oxygen atoms in total. The Morgan fingerprint density at radius 2 is 1.52 bits per heavy atom. The minimum atomic E-state index is -0.587. The van der Waals surface area contributed by atoms with Crippen molar-refractivity contribution in [2.24, 2.45) is 0 Å². The molecular weight excluding hydrogens is 420 g/mol. The van der Waals surface area contributed by atoms with Crippen molar-refractivity contribution < 1.29 is 28.6 Å². The van der Waals surface area contributed by atoms with Crippen LogP contribution in [-0.4, -0.2) is 31.3 Å². The Kier molecular flexibility index (Phi) is 6.09. The Labute approximate surface area is 191 Å². The molecule has 3 aromatic carbocycles. The number of carbonyl (C=O) groups is 3. The third kappa shape index (κ3) is 4.55. The first-order valence-corrected chi connectivity index (χ1v) is 10.4. The molecule has 0 aliphatic heterocycles. The van der Waals surface area contributed by atoms with Crippen molar-refractivity contribution in [2.45, 2.75) is 13.8 Å². The quantitative estimate of drug-likeness (QED) is 0.237. The van der Waals surface area contributed by atoms with Crippen LogP contribution in [0.15, 0.2) is 66.2 Å². The van der Waals surface area contributed by atoms with Gasteiger partial charge in [0, 0.05) is 11.1 Å². The highest BCUT2D eigenvalue weighted by Gasteiger charge is 2.32. The molecule has 0 radical (unpaired) electrons. The molecule has 0 fully saturated rings. The molecule has 6 heteroatoms. The second kappa shape index (κ2) is 9.12. The fourth-order valence-corrected chi connectivity index (χ4v) is 3.68. The zero-order valence-corrected chi connectivity index (χ0v) is 18.5. The van der Waals surface area contributed by atoms with Crippen LogP contribution in [-0.2, 0) is 4.79 Å². The van der Waals surface area contributed by atoms with Gasteiger partial charge in [-0.2, -0.15) is 0 Å². The number of esters is 1. The number of allylic oxidation sites excluding steroid dienone is 1. The Bertz CT molecular complexity index is 1260. The number of hydrogen-bond acceptors (Lipinski definition) is 6. The van der Waals surface area contributed by atoms with E-state index in [9.17, 15) is 14.4 Å². The van der Waals surface area contributed by atoms with Gasteiger partial charge in [0.15, 0.2) is 29.7 Å². The van der Waals surface area contributed by atoms with Gasteiger partial charge in [-0.25, -0.2) is 4.79 Å². The van der Waals surface area contributed by atoms with E-state index in [0.29, 0.717) is 28.2 Å². The lowest BCUT2D eigenvalue weighted by atomic mass is 10.1. The van der Waals surface area contributed by atoms with Gasteiger partial charge in [0.25, 0.3) is 0 Å². The molecule has 0 heterocycles. The molecule has 1 aliphatic rings. The maximum atomic E-state index is 12.6. The fourth-order valence-electron chi connectivity index (χ4n) is 3.68. The van der Waals surface area contributed by atoms with Gasteiger partial charge >= 0.3 is 5.97 Å². The standard InChI is InChI=1S/C27H22O6/c1-16-8-10-22(17(2)12-16)32-15-25(28)33-23-11-9-18(14-24(23)31-3)13-21-26(29)19-6-4-5-7-20(19)27(21)30/h4-14H,15H2,1-3H3. The number of aryl methyl sites for hydroxylation is 2. The zero-order valence-electron chi connectivity index (χ0n) is 18.5. The van der Waals surface area contributed by atoms with Gasteiger partial charge in [-0.3, -0.25) is 9.59 Å². The van der Waals surface area contributed by atoms with Crippen LogP contribution in [0.25, 0.3) is 6.08 Å². The third-order valence-electron chi connectivity index (χ3n) is 5.30. The van der Waals surface area contributed by atoms with Crippen molar-refractivity contribution in [3.63, 3.8) is 0 Å². The lowest BCUT2D eigenvalue weighted by molar-refractivity contribution is -0.136. The van der Waals surface area contributed by atoms with Crippen LogP contribution in [0.4, 0.5) is 0 Å². The Balaban J connectivity index is 1.48. The number of methoxy groups -OCH3 is 1. The molecule has 1 aliphatic carbocycles. The fraction of sp³-hybridized carbons (Fsp3) is 0.148. The molecule has 0 spiro atoms. The molecule has 3 aromatic rings. The zero-order chi connectivity index (χ0) is 23.5. The predicted molar refractivity (Wildman–Crippen MR) is 123 cm³/mol. The van der Waals surface area contributed by atoms with Gasteiger partial charge in [0.05, 0.1) is 12.7 Å². The molecule has 0 aromatic heterocycles. The Morgan fingerprint density at radius 1 is 0.848 bits per heavy atom. The summed E-state index contributed by atoms with van der Waals surface area (Å²) in [7, 11) is 1.44. The van der Waals surface area contributed by atoms with Crippen LogP contribution < -0.4 is 14.2 Å². The van der Waals surface area contributed by atoms with Crippen molar-refractivity contribution in [1.29, 1.82) is 0 Å². The van der Waals surface area contributed by atoms with E-state index in [2.05, 4.69) is 0 Å². The largest absolute Gasteiger partial charge is 0.493 e. The van der Waals surface area contributed by atoms with E-state index >= 15 is 0 Å². The first-order chi connectivity index (χ1) is 15.9. The third-order valence-corrected chi connectivity index (χ3v) is 5.30. The molecule has 33 heavy (non-hydrogen) atoms. The summed E-state index contributed by atoms with van der Waals surface area (Å²) in [5.41, 5.74) is 3.49. The van der Waals surface area contributed by atoms with Crippen molar-refractivity contribution in [2.75, 3.05) is 13.7 Å². The second-order valence-electron chi connectivity index (χ2n) is 7.70. The minimum Gasteiger partial charge on any atom is -0.493 e. The summed E-state index contributed by atoms with van der Waals surface area (Å²) in [5.74, 6) is -0.0996. The van der Waals surface area contributed by atoms with E-state index in [4.69, 9.17) is 14.2 Å². The highest BCUT2D eigenvalue weighted by molar-refractivity contribution is 6.41. The predicted octanol–water partition coefficient (Wildman–Crippen LogP) is 4.76. The summed E-state index contributed by atoms with van der Waals surface area (Å²) in [5, 5.41) is 0. The van der Waals surface area contributed by atoms with Gasteiger partial charge in [-0.15, -0.1) is 0 Å². The molecule has 0 bridgehead atoms. The lowest BCUT2D eigenvalue weighted by Gasteiger charge is -2.12. The van der Waals surface area contributed by atoms with Crippen molar-refractivity contribution in [1.82, 2.24) is 0 Å². The smallest absolute Gasteiger partial charge is 0.349 e. The van der Waals surface area contributed by atoms with E-state index in [1.54, 1.807) is 42.5 Å². The van der Waals surface area contributed by atoms with Gasteiger partial charge in [-0.05, 0) is 49.2 Å². The van der Waals surface area contributed by atoms with E-state index < -0.39 is 5.97 Å². The SMILES string of the molecule is COc1cc(C=C2C(=O)c3ccccc3C2=O)ccc1OC(=O)COc1ccc(C)cc1C. The van der Waals surface area contributed by atoms with Gasteiger partial charge in [-0.1, -0.05) is 48.0 Å². The molecule has 0 saturated heterocycles. The van der Waals surface area contributed by atoms with Crippen LogP contribution in [0.3, 0.4) is 0 Å². The van der Waals surface area contributed by atoms with Gasteiger partial charge < -0.3 is 14.2 Å². The number of hydrogen-bond donors (Lipinski definition) is 0. The van der Waals surface area contributed by atoms with E-state index in [-0.39, 0.29) is 29.5 Å². The molecule has 0 atom stereocenters. The van der Waals surface area contributed by atoms with Crippen LogP contribution >= 0.6 is 0 Å². The van der Waals surface area contributed by atoms with Gasteiger partial charge in [0.2, 0.25) is 0 Å². The Morgan fingerprint density at radius 3 is 2.15 bits per heavy atom. The number of fused-ring (bicyclic) bond motifs is 1. The van der Waals surface area contributed by atoms with Crippen LogP contribution in [0, 0.1) is 13.8 Å². The van der Waals surface area contributed by atoms with E-state index in [1.807, 2.05) is 32.0 Å². The first kappa shape index (κ1) is 22.0. The van der Waals surface area contributed by atoms with Crippen molar-refractivity contribution >= 4 is 23.6 Å². The molecule has 0 N–H and O–H groups in total. The normalized spacial score (nSPS) is 12.4. The molecule has 4 rings (SSSR count). The first-order valence-electron chi connectivity index (χ1n) is 10.4. The molecule has 0 saturated carbocycles. The van der Waals surface area contributed by atoms with E-state index in [0.717, 1.165) is 11.1 Å². The van der Waals surface area contributed by atoms with Crippen LogP contribution in [0.2, 0.25) is 0 Å². The summed E-state index contributed by atoms with van der Waals surface area (Å²) >= 11 is 0. The van der Waals surface area contributed by atoms with Gasteiger partial charge in [0.1, 0.15) is 5.75 Å². The lowest BCUT2D eigenvalue weighted by Crippen LogP contribution is -2.18. The summed E-state index contributed by atoms with van der Waals surface area (Å²) in [4.78, 5) is 37.5. The van der Waals surface area contributed by atoms with Crippen molar-refractivity contribution in [3.05, 3.63) is 94.1 Å². The monoisotopic (exact) mass is 442 g/mol. The van der Waals surface area contributed by atoms with Crippen molar-refractivity contribution in [3.8, 4) is 17.2 Å². The number of rotatable bonds is 6. The maximum absolute atomic E-state index is 12.6. The van der Waals surface area contributed by atoms with Crippen LogP contribution in [0.1, 0.15) is 37.4 Å². The highest BCUT2D eigenvalue weighted by Crippen LogP contribution is 2.32. The second-order valence-corrected chi connectivity index (χ2v) is 7.70. The number of benzene rings is 3. The Hall–Kier alpha value is -4.19. The highest BCUT2D eigenvalue weighted by atomic mass is 16.6. The molecule has 0 unspecified atom stereocenters. The number of ketones is 2.